The van der Waals surface area contributed by atoms with E-state index in [0.29, 0.717) is 34.8 Å². The maximum absolute atomic E-state index is 13.2. The number of anilines is 1. The molecule has 0 fully saturated rings. The third kappa shape index (κ3) is 5.92. The Hall–Kier alpha value is -4.44. The molecule has 38 heavy (non-hydrogen) atoms. The molecule has 0 aliphatic heterocycles. The molecule has 196 valence electrons. The molecule has 4 aromatic rings. The first-order chi connectivity index (χ1) is 18.0. The van der Waals surface area contributed by atoms with Crippen molar-refractivity contribution in [2.24, 2.45) is 0 Å². The van der Waals surface area contributed by atoms with Gasteiger partial charge >= 0.3 is 5.91 Å². The van der Waals surface area contributed by atoms with Crippen molar-refractivity contribution in [2.45, 2.75) is 39.8 Å². The van der Waals surface area contributed by atoms with Crippen LogP contribution in [0.4, 0.5) is 10.2 Å². The lowest BCUT2D eigenvalue weighted by molar-refractivity contribution is -0.617. The van der Waals surface area contributed by atoms with Gasteiger partial charge in [0, 0.05) is 29.5 Å². The third-order valence-electron chi connectivity index (χ3n) is 6.18. The molecular formula is C28H32FN8O+. The van der Waals surface area contributed by atoms with E-state index in [1.165, 1.54) is 24.5 Å². The fourth-order valence-corrected chi connectivity index (χ4v) is 4.08. The van der Waals surface area contributed by atoms with Gasteiger partial charge in [-0.1, -0.05) is 42.0 Å². The molecule has 4 rings (SSSR count). The van der Waals surface area contributed by atoms with Crippen LogP contribution in [0.25, 0.3) is 22.3 Å². The molecule has 0 aliphatic carbocycles. The normalized spacial score (nSPS) is 12.1. The van der Waals surface area contributed by atoms with Crippen molar-refractivity contribution in [3.8, 4) is 11.3 Å². The lowest BCUT2D eigenvalue weighted by Gasteiger charge is -2.26. The molecule has 0 spiro atoms. The van der Waals surface area contributed by atoms with E-state index in [4.69, 9.17) is 16.2 Å². The fourth-order valence-electron chi connectivity index (χ4n) is 4.08. The van der Waals surface area contributed by atoms with Gasteiger partial charge in [0.1, 0.15) is 30.2 Å². The van der Waals surface area contributed by atoms with Crippen molar-refractivity contribution in [2.75, 3.05) is 12.3 Å². The average Bonchev–Trinajstić information content (AvgIpc) is 3.28. The first kappa shape index (κ1) is 26.6. The Morgan fingerprint density at radius 1 is 1.16 bits per heavy atom. The number of hydrogen-bond donors (Lipinski definition) is 4. The van der Waals surface area contributed by atoms with Crippen LogP contribution in [0.2, 0.25) is 0 Å². The number of fused-ring (bicyclic) bond motifs is 1. The summed E-state index contributed by atoms with van der Waals surface area (Å²) in [6, 6.07) is 14.1. The van der Waals surface area contributed by atoms with Gasteiger partial charge < -0.3 is 21.8 Å². The van der Waals surface area contributed by atoms with E-state index in [-0.39, 0.29) is 24.0 Å². The van der Waals surface area contributed by atoms with Crippen molar-refractivity contribution in [3.05, 3.63) is 83.6 Å². The molecule has 2 aromatic carbocycles. The largest absolute Gasteiger partial charge is 0.383 e. The Balaban J connectivity index is 1.57. The molecule has 0 saturated heterocycles. The van der Waals surface area contributed by atoms with E-state index >= 15 is 0 Å². The van der Waals surface area contributed by atoms with E-state index in [1.54, 1.807) is 29.1 Å². The fraction of sp³-hybridized carbons (Fsp3) is 0.250. The summed E-state index contributed by atoms with van der Waals surface area (Å²) in [7, 11) is 0. The van der Waals surface area contributed by atoms with Crippen molar-refractivity contribution in [3.63, 3.8) is 0 Å². The molecule has 0 saturated carbocycles. The third-order valence-corrected chi connectivity index (χ3v) is 6.18. The van der Waals surface area contributed by atoms with E-state index in [1.807, 2.05) is 45.0 Å². The maximum atomic E-state index is 13.2. The number of nitrogens with two attached hydrogens (primary N) is 2. The highest BCUT2D eigenvalue weighted by Crippen LogP contribution is 2.33. The zero-order valence-electron chi connectivity index (χ0n) is 21.9. The molecule has 0 bridgehead atoms. The quantitative estimate of drug-likeness (QED) is 0.200. The van der Waals surface area contributed by atoms with Gasteiger partial charge in [0.25, 0.3) is 0 Å². The number of nitrogen functional groups attached to an aromatic ring is 1. The number of benzene rings is 2. The minimum absolute atomic E-state index is 0.235. The number of aromatic nitrogens is 4. The monoisotopic (exact) mass is 515 g/mol. The number of halogens is 1. The molecule has 0 radical (unpaired) electrons. The van der Waals surface area contributed by atoms with Crippen LogP contribution >= 0.6 is 0 Å². The zero-order valence-corrected chi connectivity index (χ0v) is 21.9. The number of nitrogens with one attached hydrogen (secondary N) is 2. The number of rotatable bonds is 9. The number of carbonyl (C=O) groups is 1. The second-order valence-corrected chi connectivity index (χ2v) is 9.90. The molecular weight excluding hydrogens is 483 g/mol. The highest BCUT2D eigenvalue weighted by molar-refractivity contribution is 6.00. The summed E-state index contributed by atoms with van der Waals surface area (Å²) in [6.07, 6.45) is 2.92. The van der Waals surface area contributed by atoms with Crippen LogP contribution in [-0.2, 0) is 16.9 Å². The Labute approximate surface area is 220 Å². The molecule has 2 aromatic heterocycles. The predicted octanol–water partition coefficient (Wildman–Crippen LogP) is 3.06. The van der Waals surface area contributed by atoms with Crippen molar-refractivity contribution in [1.29, 1.82) is 5.41 Å². The topological polar surface area (TPSA) is 139 Å². The van der Waals surface area contributed by atoms with E-state index in [2.05, 4.69) is 15.3 Å². The smallest absolute Gasteiger partial charge is 0.305 e. The number of aryl methyl sites for hydroxylation is 1. The van der Waals surface area contributed by atoms with Gasteiger partial charge in [-0.3, -0.25) is 4.79 Å². The van der Waals surface area contributed by atoms with Gasteiger partial charge in [-0.2, -0.15) is 5.10 Å². The van der Waals surface area contributed by atoms with Gasteiger partial charge in [0.15, 0.2) is 11.3 Å². The van der Waals surface area contributed by atoms with Crippen LogP contribution in [0.15, 0.2) is 66.6 Å². The summed E-state index contributed by atoms with van der Waals surface area (Å²) in [5, 5.41) is 18.1. The lowest BCUT2D eigenvalue weighted by atomic mass is 10.1. The molecule has 0 aliphatic rings. The van der Waals surface area contributed by atoms with Gasteiger partial charge in [-0.25, -0.2) is 19.0 Å². The van der Waals surface area contributed by atoms with Crippen LogP contribution in [0, 0.1) is 18.2 Å². The number of carbonyl (C=O) groups excluding carboxylic acids is 1. The molecule has 6 N–H and O–H groups in total. The Morgan fingerprint density at radius 2 is 1.84 bits per heavy atom. The summed E-state index contributed by atoms with van der Waals surface area (Å²) < 4.78 is 15.0. The summed E-state index contributed by atoms with van der Waals surface area (Å²) in [4.78, 5) is 21.8. The van der Waals surface area contributed by atoms with E-state index in [9.17, 15) is 9.18 Å². The highest BCUT2D eigenvalue weighted by atomic mass is 19.1. The lowest BCUT2D eigenvalue weighted by Crippen LogP contribution is -2.82. The van der Waals surface area contributed by atoms with Gasteiger partial charge in [-0.15, -0.1) is 0 Å². The highest BCUT2D eigenvalue weighted by Gasteiger charge is 2.29. The molecule has 9 nitrogen and oxygen atoms in total. The van der Waals surface area contributed by atoms with Crippen molar-refractivity contribution in [1.82, 2.24) is 25.1 Å². The van der Waals surface area contributed by atoms with E-state index in [0.717, 1.165) is 16.7 Å². The predicted molar refractivity (Wildman–Crippen MR) is 146 cm³/mol. The first-order valence-corrected chi connectivity index (χ1v) is 12.2. The van der Waals surface area contributed by atoms with Crippen molar-refractivity contribution >= 4 is 28.5 Å². The minimum atomic E-state index is -0.681. The van der Waals surface area contributed by atoms with Crippen LogP contribution in [0.5, 0.6) is 0 Å². The number of nitrogens with zero attached hydrogens (tertiary/aromatic N) is 4. The van der Waals surface area contributed by atoms with Crippen LogP contribution in [-0.4, -0.2) is 37.9 Å². The van der Waals surface area contributed by atoms with Gasteiger partial charge in [0.2, 0.25) is 0 Å². The summed E-state index contributed by atoms with van der Waals surface area (Å²) in [6.45, 7) is 8.18. The van der Waals surface area contributed by atoms with Crippen LogP contribution in [0.3, 0.4) is 0 Å². The van der Waals surface area contributed by atoms with Crippen LogP contribution < -0.4 is 16.4 Å². The Bertz CT molecular complexity index is 1500. The molecule has 0 unspecified atom stereocenters. The standard InChI is InChI=1S/C28H31FN8O/c1-17-5-9-20(10-6-17)24-23-25(31)34-16-35-26(23)37(36-24)28(3,4)15-33-27(38)22(13-18(2)30)32-14-19-7-11-21(29)12-8-19/h5-13,16,30,32H,14-15H2,1-4H3,(H,33,38)(H2,31,34,35)/p+1/b22-13-,30-18?. The molecule has 0 atom stereocenters. The van der Waals surface area contributed by atoms with Gasteiger partial charge in [-0.05, 0) is 39.8 Å². The SMILES string of the molecule is CC(=N)/C=C(\[NH2+]Cc1ccc(F)cc1)C(=O)NCC(C)(C)n1nc(-c2ccc(C)cc2)c2c(N)ncnc21. The summed E-state index contributed by atoms with van der Waals surface area (Å²) in [5.74, 6) is -0.307. The van der Waals surface area contributed by atoms with E-state index < -0.39 is 5.54 Å². The number of allylic oxidation sites excluding steroid dienone is 1. The summed E-state index contributed by atoms with van der Waals surface area (Å²) >= 11 is 0. The second-order valence-electron chi connectivity index (χ2n) is 9.90. The second kappa shape index (κ2) is 10.9. The zero-order chi connectivity index (χ0) is 27.4. The number of hydrogen-bond acceptors (Lipinski definition) is 6. The van der Waals surface area contributed by atoms with Crippen LogP contribution in [0.1, 0.15) is 31.9 Å². The molecule has 1 amide bonds. The number of quaternary nitrogens is 1. The summed E-state index contributed by atoms with van der Waals surface area (Å²) in [5.41, 5.74) is 10.3. The molecule has 2 heterocycles. The first-order valence-electron chi connectivity index (χ1n) is 12.2. The Morgan fingerprint density at radius 3 is 2.50 bits per heavy atom. The van der Waals surface area contributed by atoms with Crippen molar-refractivity contribution < 1.29 is 14.5 Å². The Kier molecular flexibility index (Phi) is 7.63. The average molecular weight is 516 g/mol. The minimum Gasteiger partial charge on any atom is -0.383 e. The van der Waals surface area contributed by atoms with Gasteiger partial charge in [0.05, 0.1) is 10.9 Å². The maximum Gasteiger partial charge on any atom is 0.305 e. The molecule has 10 heteroatoms. The number of amides is 1.